The van der Waals surface area contributed by atoms with Gasteiger partial charge >= 0.3 is 12.0 Å². The third-order valence-electron chi connectivity index (χ3n) is 5.05. The van der Waals surface area contributed by atoms with Gasteiger partial charge in [-0.3, -0.25) is 0 Å². The molecule has 0 aromatic heterocycles. The number of carbonyl (C=O) groups is 2. The molecular formula is C20H26N2O4. The molecule has 0 bridgehead atoms. The van der Waals surface area contributed by atoms with Crippen molar-refractivity contribution in [1.29, 1.82) is 0 Å². The van der Waals surface area contributed by atoms with Crippen molar-refractivity contribution >= 4 is 12.0 Å². The van der Waals surface area contributed by atoms with Crippen LogP contribution in [0.15, 0.2) is 35.5 Å². The molecule has 0 spiro atoms. The quantitative estimate of drug-likeness (QED) is 0.791. The monoisotopic (exact) mass is 358 g/mol. The Morgan fingerprint density at radius 1 is 1.23 bits per heavy atom. The lowest BCUT2D eigenvalue weighted by Crippen LogP contribution is -2.45. The number of hydrogen-bond donors (Lipinski definition) is 2. The smallest absolute Gasteiger partial charge is 0.338 e. The lowest BCUT2D eigenvalue weighted by atomic mass is 9.95. The fourth-order valence-corrected chi connectivity index (χ4v) is 3.63. The van der Waals surface area contributed by atoms with Crippen LogP contribution >= 0.6 is 0 Å². The second-order valence-corrected chi connectivity index (χ2v) is 6.92. The van der Waals surface area contributed by atoms with Crippen LogP contribution in [0.5, 0.6) is 5.75 Å². The summed E-state index contributed by atoms with van der Waals surface area (Å²) in [6, 6.07) is 6.53. The Morgan fingerprint density at radius 3 is 2.58 bits per heavy atom. The van der Waals surface area contributed by atoms with Crippen molar-refractivity contribution in [3.8, 4) is 5.75 Å². The molecule has 1 aromatic rings. The number of ether oxygens (including phenoxy) is 2. The minimum absolute atomic E-state index is 0.0543. The van der Waals surface area contributed by atoms with E-state index in [0.29, 0.717) is 23.8 Å². The zero-order chi connectivity index (χ0) is 18.7. The summed E-state index contributed by atoms with van der Waals surface area (Å²) in [6.45, 7) is 6.34. The second kappa shape index (κ2) is 7.81. The second-order valence-electron chi connectivity index (χ2n) is 6.92. The lowest BCUT2D eigenvalue weighted by molar-refractivity contribution is -0.146. The van der Waals surface area contributed by atoms with Crippen molar-refractivity contribution in [2.45, 2.75) is 52.2 Å². The first-order chi connectivity index (χ1) is 12.5. The number of allylic oxidation sites excluding steroid dienone is 1. The number of rotatable bonds is 5. The summed E-state index contributed by atoms with van der Waals surface area (Å²) in [6.07, 6.45) is 3.00. The van der Waals surface area contributed by atoms with Crippen molar-refractivity contribution in [3.63, 3.8) is 0 Å². The molecule has 140 valence electrons. The van der Waals surface area contributed by atoms with Crippen molar-refractivity contribution < 1.29 is 19.1 Å². The van der Waals surface area contributed by atoms with Gasteiger partial charge in [0.05, 0.1) is 18.2 Å². The normalized spacial score (nSPS) is 25.5. The molecule has 1 fully saturated rings. The molecule has 2 amide bonds. The summed E-state index contributed by atoms with van der Waals surface area (Å²) in [4.78, 5) is 24.8. The number of hydrogen-bond acceptors (Lipinski definition) is 4. The van der Waals surface area contributed by atoms with Crippen molar-refractivity contribution in [3.05, 3.63) is 41.1 Å². The maximum atomic E-state index is 12.9. The average molecular weight is 358 g/mol. The highest BCUT2D eigenvalue weighted by Gasteiger charge is 2.35. The van der Waals surface area contributed by atoms with Gasteiger partial charge in [0.15, 0.2) is 0 Å². The first kappa shape index (κ1) is 18.3. The maximum Gasteiger partial charge on any atom is 0.338 e. The van der Waals surface area contributed by atoms with Crippen molar-refractivity contribution in [1.82, 2.24) is 10.6 Å². The summed E-state index contributed by atoms with van der Waals surface area (Å²) in [7, 11) is 0. The molecule has 0 radical (unpaired) electrons. The van der Waals surface area contributed by atoms with E-state index in [4.69, 9.17) is 9.47 Å². The lowest BCUT2D eigenvalue weighted by Gasteiger charge is -2.29. The van der Waals surface area contributed by atoms with Gasteiger partial charge in [-0.05, 0) is 56.7 Å². The number of nitrogens with one attached hydrogen (secondary N) is 2. The summed E-state index contributed by atoms with van der Waals surface area (Å²) in [5.41, 5.74) is 1.80. The molecular weight excluding hydrogens is 332 g/mol. The average Bonchev–Trinajstić information content (AvgIpc) is 3.00. The Morgan fingerprint density at radius 2 is 1.96 bits per heavy atom. The SMILES string of the molecule is CCOc1ccc([C@H]2NC(=O)NC(C)=C2C(=O)O[C@@H]2CCC[C@@H]2C)cc1. The maximum absolute atomic E-state index is 12.9. The molecule has 2 aliphatic rings. The molecule has 1 heterocycles. The van der Waals surface area contributed by atoms with Crippen LogP contribution < -0.4 is 15.4 Å². The fraction of sp³-hybridized carbons (Fsp3) is 0.500. The molecule has 0 unspecified atom stereocenters. The number of amides is 2. The van der Waals surface area contributed by atoms with Crippen LogP contribution in [0.4, 0.5) is 4.79 Å². The standard InChI is InChI=1S/C20H26N2O4/c1-4-25-15-10-8-14(9-11-15)18-17(13(3)21-20(24)22-18)19(23)26-16-7-5-6-12(16)2/h8-12,16,18H,4-7H2,1-3H3,(H2,21,22,24)/t12-,16+,18+/m0/s1. The van der Waals surface area contributed by atoms with E-state index in [1.54, 1.807) is 6.92 Å². The van der Waals surface area contributed by atoms with Gasteiger partial charge in [0.25, 0.3) is 0 Å². The minimum Gasteiger partial charge on any atom is -0.494 e. The van der Waals surface area contributed by atoms with Crippen LogP contribution in [0.3, 0.4) is 0 Å². The first-order valence-electron chi connectivity index (χ1n) is 9.21. The molecule has 1 aliphatic carbocycles. The molecule has 1 aliphatic heterocycles. The third kappa shape index (κ3) is 3.84. The minimum atomic E-state index is -0.538. The predicted octanol–water partition coefficient (Wildman–Crippen LogP) is 3.45. The molecule has 1 aromatic carbocycles. The Labute approximate surface area is 153 Å². The number of esters is 1. The summed E-state index contributed by atoms with van der Waals surface area (Å²) >= 11 is 0. The van der Waals surface area contributed by atoms with Gasteiger partial charge in [0, 0.05) is 5.70 Å². The van der Waals surface area contributed by atoms with Gasteiger partial charge in [-0.1, -0.05) is 19.1 Å². The van der Waals surface area contributed by atoms with Crippen LogP contribution in [0.1, 0.15) is 51.6 Å². The van der Waals surface area contributed by atoms with E-state index in [-0.39, 0.29) is 18.1 Å². The largest absolute Gasteiger partial charge is 0.494 e. The Balaban J connectivity index is 1.85. The van der Waals surface area contributed by atoms with Crippen LogP contribution in [-0.4, -0.2) is 24.7 Å². The molecule has 6 heteroatoms. The van der Waals surface area contributed by atoms with Crippen LogP contribution in [0.2, 0.25) is 0 Å². The van der Waals surface area contributed by atoms with E-state index >= 15 is 0 Å². The highest BCUT2D eigenvalue weighted by molar-refractivity contribution is 5.95. The van der Waals surface area contributed by atoms with E-state index in [1.807, 2.05) is 31.2 Å². The molecule has 3 atom stereocenters. The van der Waals surface area contributed by atoms with E-state index in [2.05, 4.69) is 17.6 Å². The van der Waals surface area contributed by atoms with E-state index < -0.39 is 6.04 Å². The van der Waals surface area contributed by atoms with Gasteiger partial charge in [0.1, 0.15) is 11.9 Å². The van der Waals surface area contributed by atoms with Gasteiger partial charge < -0.3 is 20.1 Å². The Hall–Kier alpha value is -2.50. The van der Waals surface area contributed by atoms with Crippen molar-refractivity contribution in [2.75, 3.05) is 6.61 Å². The molecule has 1 saturated carbocycles. The molecule has 2 N–H and O–H groups in total. The molecule has 6 nitrogen and oxygen atoms in total. The first-order valence-corrected chi connectivity index (χ1v) is 9.21. The van der Waals surface area contributed by atoms with Crippen molar-refractivity contribution in [2.24, 2.45) is 5.92 Å². The van der Waals surface area contributed by atoms with Gasteiger partial charge in [0.2, 0.25) is 0 Å². The number of urea groups is 1. The molecule has 0 saturated heterocycles. The van der Waals surface area contributed by atoms with Crippen LogP contribution in [0.25, 0.3) is 0 Å². The number of benzene rings is 1. The van der Waals surface area contributed by atoms with E-state index in [0.717, 1.165) is 30.6 Å². The predicted molar refractivity (Wildman–Crippen MR) is 97.6 cm³/mol. The Kier molecular flexibility index (Phi) is 5.49. The summed E-state index contributed by atoms with van der Waals surface area (Å²) in [5, 5.41) is 5.51. The fourth-order valence-electron chi connectivity index (χ4n) is 3.63. The topological polar surface area (TPSA) is 76.7 Å². The van der Waals surface area contributed by atoms with Gasteiger partial charge in [-0.25, -0.2) is 9.59 Å². The van der Waals surface area contributed by atoms with Crippen LogP contribution in [0, 0.1) is 5.92 Å². The highest BCUT2D eigenvalue weighted by atomic mass is 16.5. The van der Waals surface area contributed by atoms with Gasteiger partial charge in [-0.2, -0.15) is 0 Å². The summed E-state index contributed by atoms with van der Waals surface area (Å²) < 4.78 is 11.2. The highest BCUT2D eigenvalue weighted by Crippen LogP contribution is 2.32. The van der Waals surface area contributed by atoms with E-state index in [1.165, 1.54) is 0 Å². The molecule has 26 heavy (non-hydrogen) atoms. The zero-order valence-corrected chi connectivity index (χ0v) is 15.5. The van der Waals surface area contributed by atoms with E-state index in [9.17, 15) is 9.59 Å². The van der Waals surface area contributed by atoms with Gasteiger partial charge in [-0.15, -0.1) is 0 Å². The number of carbonyl (C=O) groups excluding carboxylic acids is 2. The van der Waals surface area contributed by atoms with Crippen LogP contribution in [-0.2, 0) is 9.53 Å². The zero-order valence-electron chi connectivity index (χ0n) is 15.5. The third-order valence-corrected chi connectivity index (χ3v) is 5.05. The molecule has 3 rings (SSSR count). The summed E-state index contributed by atoms with van der Waals surface area (Å²) in [5.74, 6) is 0.753. The Bertz CT molecular complexity index is 711.